The highest BCUT2D eigenvalue weighted by molar-refractivity contribution is 7.10. The molecule has 2 N–H and O–H groups in total. The molecule has 0 spiro atoms. The Morgan fingerprint density at radius 1 is 1.69 bits per heavy atom. The van der Waals surface area contributed by atoms with Crippen LogP contribution in [0.3, 0.4) is 0 Å². The summed E-state index contributed by atoms with van der Waals surface area (Å²) < 4.78 is 0. The van der Waals surface area contributed by atoms with Crippen molar-refractivity contribution < 1.29 is 15.0 Å². The van der Waals surface area contributed by atoms with E-state index in [1.165, 1.54) is 17.4 Å². The predicted molar refractivity (Wildman–Crippen MR) is 51.1 cm³/mol. The van der Waals surface area contributed by atoms with Crippen LogP contribution < -0.4 is 0 Å². The first-order valence-corrected chi connectivity index (χ1v) is 4.90. The molecule has 0 bridgehead atoms. The lowest BCUT2D eigenvalue weighted by Crippen LogP contribution is -2.20. The van der Waals surface area contributed by atoms with E-state index in [-0.39, 0.29) is 5.56 Å². The maximum Gasteiger partial charge on any atom is 0.336 e. The number of aromatic carboxylic acids is 1. The van der Waals surface area contributed by atoms with Gasteiger partial charge in [-0.25, -0.2) is 4.79 Å². The van der Waals surface area contributed by atoms with E-state index in [0.29, 0.717) is 11.3 Å². The van der Waals surface area contributed by atoms with E-state index < -0.39 is 11.6 Å². The molecule has 72 valence electrons. The Bertz CT molecular complexity index is 314. The third-order valence-electron chi connectivity index (χ3n) is 2.07. The van der Waals surface area contributed by atoms with Gasteiger partial charge in [0.25, 0.3) is 0 Å². The fourth-order valence-electron chi connectivity index (χ4n) is 1.06. The zero-order valence-electron chi connectivity index (χ0n) is 7.57. The minimum Gasteiger partial charge on any atom is -0.478 e. The standard InChI is InChI=1S/C9H12O3S/c1-3-9(2,12)7-6(8(10)11)4-5-13-7/h4-5,12H,3H2,1-2H3,(H,10,11). The van der Waals surface area contributed by atoms with Crippen LogP contribution in [-0.4, -0.2) is 16.2 Å². The Kier molecular flexibility index (Phi) is 2.73. The first kappa shape index (κ1) is 10.2. The Morgan fingerprint density at radius 3 is 2.77 bits per heavy atom. The summed E-state index contributed by atoms with van der Waals surface area (Å²) in [5.74, 6) is -0.982. The second-order valence-electron chi connectivity index (χ2n) is 3.10. The summed E-state index contributed by atoms with van der Waals surface area (Å²) in [6.07, 6.45) is 0.508. The molecule has 3 nitrogen and oxygen atoms in total. The van der Waals surface area contributed by atoms with Gasteiger partial charge in [-0.15, -0.1) is 11.3 Å². The van der Waals surface area contributed by atoms with Crippen molar-refractivity contribution >= 4 is 17.3 Å². The van der Waals surface area contributed by atoms with Gasteiger partial charge < -0.3 is 10.2 Å². The van der Waals surface area contributed by atoms with Crippen molar-refractivity contribution in [3.8, 4) is 0 Å². The van der Waals surface area contributed by atoms with Crippen LogP contribution in [0.5, 0.6) is 0 Å². The highest BCUT2D eigenvalue weighted by atomic mass is 32.1. The average molecular weight is 200 g/mol. The summed E-state index contributed by atoms with van der Waals surface area (Å²) in [6.45, 7) is 3.45. The fraction of sp³-hybridized carbons (Fsp3) is 0.444. The lowest BCUT2D eigenvalue weighted by molar-refractivity contribution is 0.0517. The molecule has 4 heteroatoms. The number of hydrogen-bond acceptors (Lipinski definition) is 3. The topological polar surface area (TPSA) is 57.5 Å². The minimum atomic E-state index is -1.03. The molecule has 1 rings (SSSR count). The largest absolute Gasteiger partial charge is 0.478 e. The molecule has 0 saturated heterocycles. The molecule has 1 aromatic heterocycles. The van der Waals surface area contributed by atoms with E-state index in [1.807, 2.05) is 6.92 Å². The Hall–Kier alpha value is -0.870. The summed E-state index contributed by atoms with van der Waals surface area (Å²) >= 11 is 1.28. The van der Waals surface area contributed by atoms with E-state index in [0.717, 1.165) is 0 Å². The predicted octanol–water partition coefficient (Wildman–Crippen LogP) is 2.06. The number of hydrogen-bond donors (Lipinski definition) is 2. The lowest BCUT2D eigenvalue weighted by Gasteiger charge is -2.20. The maximum absolute atomic E-state index is 10.7. The molecule has 0 amide bonds. The molecule has 0 radical (unpaired) electrons. The van der Waals surface area contributed by atoms with Gasteiger partial charge in [-0.2, -0.15) is 0 Å². The van der Waals surface area contributed by atoms with Gasteiger partial charge in [0.2, 0.25) is 0 Å². The third-order valence-corrected chi connectivity index (χ3v) is 3.24. The van der Waals surface area contributed by atoms with E-state index in [4.69, 9.17) is 5.11 Å². The van der Waals surface area contributed by atoms with Crippen LogP contribution >= 0.6 is 11.3 Å². The number of carboxylic acids is 1. The van der Waals surface area contributed by atoms with Crippen LogP contribution in [0.2, 0.25) is 0 Å². The molecule has 1 heterocycles. The van der Waals surface area contributed by atoms with Crippen molar-refractivity contribution in [2.24, 2.45) is 0 Å². The van der Waals surface area contributed by atoms with E-state index in [1.54, 1.807) is 12.3 Å². The zero-order valence-corrected chi connectivity index (χ0v) is 8.39. The van der Waals surface area contributed by atoms with Gasteiger partial charge in [0.05, 0.1) is 16.0 Å². The highest BCUT2D eigenvalue weighted by Crippen LogP contribution is 2.31. The number of aliphatic hydroxyl groups is 1. The normalized spacial score (nSPS) is 15.3. The minimum absolute atomic E-state index is 0.205. The average Bonchev–Trinajstić information content (AvgIpc) is 2.52. The number of thiophene rings is 1. The summed E-state index contributed by atoms with van der Waals surface area (Å²) in [5, 5.41) is 20.4. The Labute approximate surface area is 80.6 Å². The number of carboxylic acid groups (broad SMARTS) is 1. The number of carbonyl (C=O) groups is 1. The smallest absolute Gasteiger partial charge is 0.336 e. The fourth-order valence-corrected chi connectivity index (χ4v) is 2.08. The zero-order chi connectivity index (χ0) is 10.1. The van der Waals surface area contributed by atoms with Crippen molar-refractivity contribution in [1.82, 2.24) is 0 Å². The second-order valence-corrected chi connectivity index (χ2v) is 4.01. The molecule has 0 aliphatic heterocycles. The van der Waals surface area contributed by atoms with Crippen molar-refractivity contribution in [3.05, 3.63) is 21.9 Å². The lowest BCUT2D eigenvalue weighted by atomic mass is 9.98. The van der Waals surface area contributed by atoms with Crippen molar-refractivity contribution in [3.63, 3.8) is 0 Å². The SMILES string of the molecule is CCC(C)(O)c1sccc1C(=O)O. The van der Waals surface area contributed by atoms with E-state index in [2.05, 4.69) is 0 Å². The van der Waals surface area contributed by atoms with Crippen LogP contribution in [0.15, 0.2) is 11.4 Å². The third kappa shape index (κ3) is 1.89. The molecule has 1 atom stereocenters. The van der Waals surface area contributed by atoms with Gasteiger partial charge >= 0.3 is 5.97 Å². The summed E-state index contributed by atoms with van der Waals surface area (Å²) in [7, 11) is 0. The van der Waals surface area contributed by atoms with Gasteiger partial charge in [-0.3, -0.25) is 0 Å². The molecule has 0 saturated carbocycles. The molecule has 1 aromatic rings. The first-order chi connectivity index (χ1) is 5.99. The molecule has 13 heavy (non-hydrogen) atoms. The molecule has 0 aliphatic rings. The van der Waals surface area contributed by atoms with E-state index >= 15 is 0 Å². The molecule has 0 fully saturated rings. The number of rotatable bonds is 3. The van der Waals surface area contributed by atoms with Gasteiger partial charge in [0.1, 0.15) is 0 Å². The molecular formula is C9H12O3S. The van der Waals surface area contributed by atoms with Crippen LogP contribution in [0.4, 0.5) is 0 Å². The van der Waals surface area contributed by atoms with E-state index in [9.17, 15) is 9.90 Å². The summed E-state index contributed by atoms with van der Waals surface area (Å²) in [4.78, 5) is 11.3. The Morgan fingerprint density at radius 2 is 2.31 bits per heavy atom. The molecular weight excluding hydrogens is 188 g/mol. The van der Waals surface area contributed by atoms with Gasteiger partial charge in [-0.05, 0) is 24.8 Å². The van der Waals surface area contributed by atoms with Gasteiger partial charge in [0.15, 0.2) is 0 Å². The maximum atomic E-state index is 10.7. The van der Waals surface area contributed by atoms with Crippen molar-refractivity contribution in [1.29, 1.82) is 0 Å². The highest BCUT2D eigenvalue weighted by Gasteiger charge is 2.27. The quantitative estimate of drug-likeness (QED) is 0.785. The van der Waals surface area contributed by atoms with Crippen LogP contribution in [0.25, 0.3) is 0 Å². The van der Waals surface area contributed by atoms with Crippen LogP contribution in [0, 0.1) is 0 Å². The van der Waals surface area contributed by atoms with Crippen LogP contribution in [-0.2, 0) is 5.60 Å². The van der Waals surface area contributed by atoms with Gasteiger partial charge in [-0.1, -0.05) is 6.92 Å². The Balaban J connectivity index is 3.14. The summed E-state index contributed by atoms with van der Waals surface area (Å²) in [5.41, 5.74) is -0.820. The van der Waals surface area contributed by atoms with Crippen LogP contribution in [0.1, 0.15) is 35.5 Å². The van der Waals surface area contributed by atoms with Gasteiger partial charge in [0, 0.05) is 0 Å². The van der Waals surface area contributed by atoms with Crippen molar-refractivity contribution in [2.45, 2.75) is 25.9 Å². The summed E-state index contributed by atoms with van der Waals surface area (Å²) in [6, 6.07) is 1.52. The molecule has 0 aromatic carbocycles. The monoisotopic (exact) mass is 200 g/mol. The molecule has 1 unspecified atom stereocenters. The van der Waals surface area contributed by atoms with Crippen molar-refractivity contribution in [2.75, 3.05) is 0 Å². The molecule has 0 aliphatic carbocycles. The first-order valence-electron chi connectivity index (χ1n) is 4.02. The second kappa shape index (κ2) is 3.47.